The van der Waals surface area contributed by atoms with Crippen LogP contribution in [0.5, 0.6) is 11.5 Å². The van der Waals surface area contributed by atoms with Gasteiger partial charge in [0.05, 0.1) is 24.8 Å². The molecule has 1 heterocycles. The molecular weight excluding hydrogens is 332 g/mol. The maximum Gasteiger partial charge on any atom is 0.320 e. The van der Waals surface area contributed by atoms with Crippen LogP contribution in [0, 0.1) is 5.92 Å². The molecule has 6 heteroatoms. The molecule has 2 atom stereocenters. The zero-order chi connectivity index (χ0) is 17.3. The summed E-state index contributed by atoms with van der Waals surface area (Å²) < 4.78 is 16.0. The molecule has 1 aliphatic heterocycles. The molecule has 0 spiro atoms. The van der Waals surface area contributed by atoms with Gasteiger partial charge in [0, 0.05) is 0 Å². The molecule has 2 aromatic rings. The second-order valence-corrected chi connectivity index (χ2v) is 5.70. The summed E-state index contributed by atoms with van der Waals surface area (Å²) in [6.45, 7) is 0. The van der Waals surface area contributed by atoms with E-state index >= 15 is 0 Å². The summed E-state index contributed by atoms with van der Waals surface area (Å²) in [5.74, 6) is -1.19. The number of ketones is 1. The average molecular weight is 347 g/mol. The summed E-state index contributed by atoms with van der Waals surface area (Å²) in [7, 11) is 2.74. The number of carbonyl (C=O) groups is 2. The first-order chi connectivity index (χ1) is 11.6. The predicted molar refractivity (Wildman–Crippen MR) is 87.7 cm³/mol. The minimum atomic E-state index is -1.09. The van der Waals surface area contributed by atoms with Crippen LogP contribution in [-0.2, 0) is 9.53 Å². The van der Waals surface area contributed by atoms with Crippen LogP contribution in [0.2, 0.25) is 5.02 Å². The molecule has 1 aliphatic rings. The number of rotatable bonds is 3. The van der Waals surface area contributed by atoms with E-state index < -0.39 is 18.0 Å². The lowest BCUT2D eigenvalue weighted by Crippen LogP contribution is -2.37. The fourth-order valence-electron chi connectivity index (χ4n) is 2.75. The van der Waals surface area contributed by atoms with Gasteiger partial charge in [-0.1, -0.05) is 29.8 Å². The standard InChI is InChI=1S/C18H15ClO5/c1-22-14-9-10(7-8-12(14)19)17-15(18(21)23-2)16(20)11-5-3-4-6-13(11)24-17/h3-9,15,17H,1-2H3. The van der Waals surface area contributed by atoms with Crippen molar-refractivity contribution < 1.29 is 23.8 Å². The van der Waals surface area contributed by atoms with E-state index in [0.29, 0.717) is 27.6 Å². The number of hydrogen-bond donors (Lipinski definition) is 0. The molecule has 2 unspecified atom stereocenters. The van der Waals surface area contributed by atoms with Crippen molar-refractivity contribution in [3.8, 4) is 11.5 Å². The number of hydrogen-bond acceptors (Lipinski definition) is 5. The van der Waals surface area contributed by atoms with Gasteiger partial charge in [-0.05, 0) is 29.8 Å². The van der Waals surface area contributed by atoms with E-state index in [-0.39, 0.29) is 5.78 Å². The van der Waals surface area contributed by atoms with Crippen molar-refractivity contribution in [1.29, 1.82) is 0 Å². The highest BCUT2D eigenvalue weighted by molar-refractivity contribution is 6.32. The minimum Gasteiger partial charge on any atom is -0.495 e. The lowest BCUT2D eigenvalue weighted by molar-refractivity contribution is -0.146. The van der Waals surface area contributed by atoms with Gasteiger partial charge in [-0.25, -0.2) is 0 Å². The van der Waals surface area contributed by atoms with Gasteiger partial charge >= 0.3 is 5.97 Å². The molecule has 0 N–H and O–H groups in total. The van der Waals surface area contributed by atoms with E-state index in [2.05, 4.69) is 0 Å². The molecule has 0 fully saturated rings. The third-order valence-corrected chi connectivity index (χ3v) is 4.26. The van der Waals surface area contributed by atoms with Crippen LogP contribution in [0.1, 0.15) is 22.0 Å². The fraction of sp³-hybridized carbons (Fsp3) is 0.222. The van der Waals surface area contributed by atoms with Crippen molar-refractivity contribution in [3.05, 3.63) is 58.6 Å². The number of methoxy groups -OCH3 is 2. The van der Waals surface area contributed by atoms with Crippen LogP contribution in [0.15, 0.2) is 42.5 Å². The maximum atomic E-state index is 12.8. The molecule has 24 heavy (non-hydrogen) atoms. The van der Waals surface area contributed by atoms with Crippen molar-refractivity contribution in [3.63, 3.8) is 0 Å². The Morgan fingerprint density at radius 3 is 2.62 bits per heavy atom. The fourth-order valence-corrected chi connectivity index (χ4v) is 2.95. The van der Waals surface area contributed by atoms with Crippen molar-refractivity contribution in [1.82, 2.24) is 0 Å². The van der Waals surface area contributed by atoms with Gasteiger partial charge in [0.25, 0.3) is 0 Å². The van der Waals surface area contributed by atoms with Gasteiger partial charge in [0.1, 0.15) is 17.6 Å². The first-order valence-corrected chi connectivity index (χ1v) is 7.65. The summed E-state index contributed by atoms with van der Waals surface area (Å²) in [5, 5.41) is 0.429. The first-order valence-electron chi connectivity index (χ1n) is 7.28. The van der Waals surface area contributed by atoms with E-state index in [9.17, 15) is 9.59 Å². The summed E-state index contributed by atoms with van der Waals surface area (Å²) in [4.78, 5) is 25.0. The molecule has 0 saturated heterocycles. The Morgan fingerprint density at radius 2 is 1.92 bits per heavy atom. The molecule has 5 nitrogen and oxygen atoms in total. The number of carbonyl (C=O) groups excluding carboxylic acids is 2. The number of fused-ring (bicyclic) bond motifs is 1. The lowest BCUT2D eigenvalue weighted by Gasteiger charge is -2.31. The monoisotopic (exact) mass is 346 g/mol. The molecule has 0 aliphatic carbocycles. The SMILES string of the molecule is COC(=O)C1C(=O)c2ccccc2OC1c1ccc(Cl)c(OC)c1. The highest BCUT2D eigenvalue weighted by atomic mass is 35.5. The molecular formula is C18H15ClO5. The quantitative estimate of drug-likeness (QED) is 0.629. The van der Waals surface area contributed by atoms with Crippen LogP contribution < -0.4 is 9.47 Å². The Morgan fingerprint density at radius 1 is 1.17 bits per heavy atom. The molecule has 3 rings (SSSR count). The minimum absolute atomic E-state index is 0.331. The molecule has 0 saturated carbocycles. The highest BCUT2D eigenvalue weighted by Gasteiger charge is 2.43. The third-order valence-electron chi connectivity index (χ3n) is 3.95. The van der Waals surface area contributed by atoms with Gasteiger partial charge in [-0.2, -0.15) is 0 Å². The third kappa shape index (κ3) is 2.71. The molecule has 124 valence electrons. The van der Waals surface area contributed by atoms with Crippen LogP contribution in [0.4, 0.5) is 0 Å². The lowest BCUT2D eigenvalue weighted by atomic mass is 9.85. The topological polar surface area (TPSA) is 61.8 Å². The normalized spacial score (nSPS) is 19.2. The van der Waals surface area contributed by atoms with E-state index in [4.69, 9.17) is 25.8 Å². The maximum absolute atomic E-state index is 12.8. The van der Waals surface area contributed by atoms with Crippen molar-refractivity contribution in [2.45, 2.75) is 6.10 Å². The molecule has 0 radical (unpaired) electrons. The Hall–Kier alpha value is -2.53. The molecule has 0 aromatic heterocycles. The highest BCUT2D eigenvalue weighted by Crippen LogP contribution is 2.40. The van der Waals surface area contributed by atoms with E-state index in [1.54, 1.807) is 42.5 Å². The van der Waals surface area contributed by atoms with Crippen LogP contribution in [0.25, 0.3) is 0 Å². The summed E-state index contributed by atoms with van der Waals surface area (Å²) >= 11 is 6.05. The van der Waals surface area contributed by atoms with Gasteiger partial charge < -0.3 is 14.2 Å². The summed E-state index contributed by atoms with van der Waals surface area (Å²) in [6, 6.07) is 11.8. The van der Waals surface area contributed by atoms with Crippen molar-refractivity contribution in [2.75, 3.05) is 14.2 Å². The Labute approximate surface area is 144 Å². The zero-order valence-electron chi connectivity index (χ0n) is 13.1. The zero-order valence-corrected chi connectivity index (χ0v) is 13.9. The average Bonchev–Trinajstić information content (AvgIpc) is 2.61. The number of esters is 1. The Kier molecular flexibility index (Phi) is 4.44. The van der Waals surface area contributed by atoms with Gasteiger partial charge in [-0.15, -0.1) is 0 Å². The number of Topliss-reactive ketones (excluding diaryl/α,β-unsaturated/α-hetero) is 1. The number of ether oxygens (including phenoxy) is 3. The first kappa shape index (κ1) is 16.3. The second kappa shape index (κ2) is 6.53. The molecule has 2 aromatic carbocycles. The second-order valence-electron chi connectivity index (χ2n) is 5.29. The van der Waals surface area contributed by atoms with Gasteiger partial charge in [0.15, 0.2) is 11.7 Å². The van der Waals surface area contributed by atoms with E-state index in [1.807, 2.05) is 0 Å². The number of para-hydroxylation sites is 1. The van der Waals surface area contributed by atoms with Crippen molar-refractivity contribution >= 4 is 23.4 Å². The summed E-state index contributed by atoms with van der Waals surface area (Å²) in [6.07, 6.45) is -0.814. The van der Waals surface area contributed by atoms with Crippen molar-refractivity contribution in [2.24, 2.45) is 5.92 Å². The smallest absolute Gasteiger partial charge is 0.320 e. The van der Waals surface area contributed by atoms with Gasteiger partial charge in [-0.3, -0.25) is 9.59 Å². The van der Waals surface area contributed by atoms with E-state index in [1.165, 1.54) is 14.2 Å². The predicted octanol–water partition coefficient (Wildman–Crippen LogP) is 3.45. The number of halogens is 1. The largest absolute Gasteiger partial charge is 0.495 e. The van der Waals surface area contributed by atoms with Crippen LogP contribution >= 0.6 is 11.6 Å². The Bertz CT molecular complexity index is 802. The molecule has 0 bridgehead atoms. The summed E-state index contributed by atoms with van der Waals surface area (Å²) in [5.41, 5.74) is 0.972. The van der Waals surface area contributed by atoms with Crippen LogP contribution in [0.3, 0.4) is 0 Å². The molecule has 0 amide bonds. The van der Waals surface area contributed by atoms with Crippen LogP contribution in [-0.4, -0.2) is 26.0 Å². The van der Waals surface area contributed by atoms with Gasteiger partial charge in [0.2, 0.25) is 0 Å². The van der Waals surface area contributed by atoms with E-state index in [0.717, 1.165) is 0 Å². The number of benzene rings is 2. The Balaban J connectivity index is 2.10.